The van der Waals surface area contributed by atoms with E-state index < -0.39 is 20.6 Å². The molecule has 9 heteroatoms. The van der Waals surface area contributed by atoms with Crippen LogP contribution in [0.5, 0.6) is 11.5 Å². The lowest BCUT2D eigenvalue weighted by Crippen LogP contribution is -2.35. The van der Waals surface area contributed by atoms with E-state index in [2.05, 4.69) is 0 Å². The van der Waals surface area contributed by atoms with E-state index in [9.17, 15) is 23.3 Å². The zero-order valence-electron chi connectivity index (χ0n) is 15.3. The van der Waals surface area contributed by atoms with Crippen LogP contribution in [-0.2, 0) is 10.0 Å². The number of hydrogen-bond donors (Lipinski definition) is 0. The first-order valence-corrected chi connectivity index (χ1v) is 10.3. The summed E-state index contributed by atoms with van der Waals surface area (Å²) in [4.78, 5) is 22.2. The number of nitro benzene ring substituents is 1. The van der Waals surface area contributed by atoms with E-state index >= 15 is 0 Å². The molecule has 2 aromatic carbocycles. The highest BCUT2D eigenvalue weighted by molar-refractivity contribution is 7.89. The summed E-state index contributed by atoms with van der Waals surface area (Å²) >= 11 is 0. The average Bonchev–Trinajstić information content (AvgIpc) is 2.69. The summed E-state index contributed by atoms with van der Waals surface area (Å²) in [5.41, 5.74) is -0.0456. The SMILES string of the molecule is CC(=O)c1cccc(Oc2ccc(S(=O)(=O)N3CCCCC3)cc2[N+](=O)[O-])c1. The van der Waals surface area contributed by atoms with Crippen molar-refractivity contribution >= 4 is 21.5 Å². The van der Waals surface area contributed by atoms with Gasteiger partial charge in [-0.05, 0) is 44.0 Å². The third-order valence-electron chi connectivity index (χ3n) is 4.55. The van der Waals surface area contributed by atoms with Gasteiger partial charge in [0.2, 0.25) is 15.8 Å². The fourth-order valence-electron chi connectivity index (χ4n) is 3.05. The molecule has 0 N–H and O–H groups in total. The van der Waals surface area contributed by atoms with Gasteiger partial charge < -0.3 is 4.74 Å². The fourth-order valence-corrected chi connectivity index (χ4v) is 4.58. The van der Waals surface area contributed by atoms with Gasteiger partial charge in [-0.25, -0.2) is 8.42 Å². The van der Waals surface area contributed by atoms with Crippen LogP contribution in [0.25, 0.3) is 0 Å². The molecule has 0 unspecified atom stereocenters. The van der Waals surface area contributed by atoms with E-state index in [-0.39, 0.29) is 22.2 Å². The van der Waals surface area contributed by atoms with Crippen LogP contribution < -0.4 is 4.74 Å². The van der Waals surface area contributed by atoms with Crippen molar-refractivity contribution in [2.75, 3.05) is 13.1 Å². The molecule has 3 rings (SSSR count). The summed E-state index contributed by atoms with van der Waals surface area (Å²) in [6, 6.07) is 9.86. The first-order valence-electron chi connectivity index (χ1n) is 8.86. The van der Waals surface area contributed by atoms with E-state index in [0.717, 1.165) is 25.3 Å². The summed E-state index contributed by atoms with van der Waals surface area (Å²) in [6.45, 7) is 2.22. The van der Waals surface area contributed by atoms with Crippen LogP contribution >= 0.6 is 0 Å². The number of ketones is 1. The number of sulfonamides is 1. The first-order chi connectivity index (χ1) is 13.3. The zero-order chi connectivity index (χ0) is 20.3. The molecule has 2 aromatic rings. The average molecular weight is 404 g/mol. The van der Waals surface area contributed by atoms with E-state index in [1.54, 1.807) is 18.2 Å². The number of hydrogen-bond acceptors (Lipinski definition) is 6. The molecule has 1 saturated heterocycles. The smallest absolute Gasteiger partial charge is 0.312 e. The Balaban J connectivity index is 1.95. The minimum atomic E-state index is -3.80. The standard InChI is InChI=1S/C19H20N2O6S/c1-14(22)15-6-5-7-16(12-15)27-19-9-8-17(13-18(19)21(23)24)28(25,26)20-10-3-2-4-11-20/h5-9,12-13H,2-4,10-11H2,1H3. The van der Waals surface area contributed by atoms with Crippen molar-refractivity contribution in [1.82, 2.24) is 4.31 Å². The van der Waals surface area contributed by atoms with E-state index in [0.29, 0.717) is 18.7 Å². The maximum atomic E-state index is 12.8. The van der Waals surface area contributed by atoms with Crippen LogP contribution in [0.1, 0.15) is 36.5 Å². The number of Topliss-reactive ketones (excluding diaryl/α,β-unsaturated/α-hetero) is 1. The molecule has 0 amide bonds. The molecule has 0 spiro atoms. The van der Waals surface area contributed by atoms with Crippen molar-refractivity contribution in [3.63, 3.8) is 0 Å². The van der Waals surface area contributed by atoms with Gasteiger partial charge in [-0.1, -0.05) is 18.6 Å². The summed E-state index contributed by atoms with van der Waals surface area (Å²) in [5.74, 6) is -0.00587. The zero-order valence-corrected chi connectivity index (χ0v) is 16.1. The highest BCUT2D eigenvalue weighted by atomic mass is 32.2. The van der Waals surface area contributed by atoms with Crippen LogP contribution in [-0.4, -0.2) is 36.5 Å². The van der Waals surface area contributed by atoms with Crippen LogP contribution in [0, 0.1) is 10.1 Å². The van der Waals surface area contributed by atoms with Crippen molar-refractivity contribution in [3.8, 4) is 11.5 Å². The quantitative estimate of drug-likeness (QED) is 0.412. The normalized spacial score (nSPS) is 15.2. The third kappa shape index (κ3) is 4.20. The third-order valence-corrected chi connectivity index (χ3v) is 6.44. The van der Waals surface area contributed by atoms with Crippen molar-refractivity contribution < 1.29 is 22.9 Å². The Morgan fingerprint density at radius 2 is 1.82 bits per heavy atom. The predicted molar refractivity (Wildman–Crippen MR) is 102 cm³/mol. The Morgan fingerprint density at radius 1 is 1.11 bits per heavy atom. The van der Waals surface area contributed by atoms with Crippen molar-refractivity contribution in [2.45, 2.75) is 31.1 Å². The summed E-state index contributed by atoms with van der Waals surface area (Å²) < 4.78 is 32.5. The van der Waals surface area contributed by atoms with Crippen LogP contribution in [0.3, 0.4) is 0 Å². The maximum absolute atomic E-state index is 12.8. The highest BCUT2D eigenvalue weighted by Crippen LogP contribution is 2.34. The van der Waals surface area contributed by atoms with E-state index in [1.807, 2.05) is 0 Å². The van der Waals surface area contributed by atoms with Gasteiger partial charge in [-0.2, -0.15) is 4.31 Å². The maximum Gasteiger partial charge on any atom is 0.312 e. The molecule has 1 aliphatic rings. The monoisotopic (exact) mass is 404 g/mol. The molecule has 0 radical (unpaired) electrons. The second kappa shape index (κ2) is 8.07. The summed E-state index contributed by atoms with van der Waals surface area (Å²) in [5, 5.41) is 11.5. The molecule has 28 heavy (non-hydrogen) atoms. The van der Waals surface area contributed by atoms with Crippen molar-refractivity contribution in [2.24, 2.45) is 0 Å². The lowest BCUT2D eigenvalue weighted by atomic mass is 10.1. The van der Waals surface area contributed by atoms with Crippen LogP contribution in [0.15, 0.2) is 47.4 Å². The Labute approximate surface area is 162 Å². The van der Waals surface area contributed by atoms with Crippen molar-refractivity contribution in [1.29, 1.82) is 0 Å². The minimum absolute atomic E-state index is 0.0942. The largest absolute Gasteiger partial charge is 0.450 e. The fraction of sp³-hybridized carbons (Fsp3) is 0.316. The minimum Gasteiger partial charge on any atom is -0.450 e. The van der Waals surface area contributed by atoms with Gasteiger partial charge >= 0.3 is 5.69 Å². The molecule has 0 atom stereocenters. The summed E-state index contributed by atoms with van der Waals surface area (Å²) in [6.07, 6.45) is 2.52. The van der Waals surface area contributed by atoms with E-state index in [1.165, 1.54) is 29.4 Å². The Bertz CT molecular complexity index is 1010. The lowest BCUT2D eigenvalue weighted by Gasteiger charge is -2.25. The molecule has 0 aromatic heterocycles. The van der Waals surface area contributed by atoms with Gasteiger partial charge in [0.05, 0.1) is 9.82 Å². The van der Waals surface area contributed by atoms with Gasteiger partial charge in [0.25, 0.3) is 0 Å². The predicted octanol–water partition coefficient (Wildman–Crippen LogP) is 3.76. The number of ether oxygens (including phenoxy) is 1. The highest BCUT2D eigenvalue weighted by Gasteiger charge is 2.29. The van der Waals surface area contributed by atoms with E-state index in [4.69, 9.17) is 4.74 Å². The van der Waals surface area contributed by atoms with Gasteiger partial charge in [-0.3, -0.25) is 14.9 Å². The number of benzene rings is 2. The van der Waals surface area contributed by atoms with Gasteiger partial charge in [0.1, 0.15) is 5.75 Å². The topological polar surface area (TPSA) is 107 Å². The number of nitro groups is 1. The van der Waals surface area contributed by atoms with Crippen LogP contribution in [0.4, 0.5) is 5.69 Å². The Morgan fingerprint density at radius 3 is 2.46 bits per heavy atom. The number of carbonyl (C=O) groups excluding carboxylic acids is 1. The van der Waals surface area contributed by atoms with Gasteiger partial charge in [-0.15, -0.1) is 0 Å². The molecular weight excluding hydrogens is 384 g/mol. The lowest BCUT2D eigenvalue weighted by molar-refractivity contribution is -0.385. The second-order valence-corrected chi connectivity index (χ2v) is 8.48. The van der Waals surface area contributed by atoms with Crippen LogP contribution in [0.2, 0.25) is 0 Å². The molecule has 1 heterocycles. The molecular formula is C19H20N2O6S. The number of carbonyl (C=O) groups is 1. The first kappa shape index (κ1) is 20.0. The molecule has 8 nitrogen and oxygen atoms in total. The molecule has 1 aliphatic heterocycles. The number of nitrogens with zero attached hydrogens (tertiary/aromatic N) is 2. The molecule has 1 fully saturated rings. The molecule has 148 valence electrons. The number of rotatable bonds is 6. The van der Waals surface area contributed by atoms with Gasteiger partial charge in [0, 0.05) is 24.7 Å². The molecule has 0 aliphatic carbocycles. The molecule has 0 saturated carbocycles. The number of piperidine rings is 1. The summed E-state index contributed by atoms with van der Waals surface area (Å²) in [7, 11) is -3.80. The Hall–Kier alpha value is -2.78. The Kier molecular flexibility index (Phi) is 5.76. The molecule has 0 bridgehead atoms. The second-order valence-electron chi connectivity index (χ2n) is 6.54. The van der Waals surface area contributed by atoms with Crippen molar-refractivity contribution in [3.05, 3.63) is 58.1 Å². The van der Waals surface area contributed by atoms with Gasteiger partial charge in [0.15, 0.2) is 5.78 Å².